The van der Waals surface area contributed by atoms with Crippen LogP contribution in [0.3, 0.4) is 0 Å². The van der Waals surface area contributed by atoms with E-state index in [-0.39, 0.29) is 18.0 Å². The lowest BCUT2D eigenvalue weighted by Gasteiger charge is -2.07. The molecule has 0 heterocycles. The molecule has 2 aromatic rings. The largest absolute Gasteiger partial charge is 0.278 e. The number of thioether (sulfide) groups is 1. The van der Waals surface area contributed by atoms with Gasteiger partial charge in [0.15, 0.2) is 0 Å². The number of carbonyl (C=O) groups is 1. The lowest BCUT2D eigenvalue weighted by Crippen LogP contribution is -2.20. The van der Waals surface area contributed by atoms with Gasteiger partial charge in [-0.25, -0.2) is 5.43 Å². The van der Waals surface area contributed by atoms with E-state index >= 15 is 0 Å². The molecule has 0 aliphatic carbocycles. The molecule has 124 valence electrons. The number of hydrogen-bond donors (Lipinski definition) is 1. The first kappa shape index (κ1) is 18.0. The Bertz CT molecular complexity index is 796. The van der Waals surface area contributed by atoms with Gasteiger partial charge in [-0.2, -0.15) is 5.10 Å². The van der Waals surface area contributed by atoms with Crippen molar-refractivity contribution in [1.29, 1.82) is 0 Å². The molecule has 0 unspecified atom stereocenters. The highest BCUT2D eigenvalue weighted by molar-refractivity contribution is 7.98. The maximum Gasteiger partial charge on any atom is 0.278 e. The zero-order valence-corrected chi connectivity index (χ0v) is 14.3. The van der Waals surface area contributed by atoms with Gasteiger partial charge in [0.25, 0.3) is 5.69 Å². The van der Waals surface area contributed by atoms with Gasteiger partial charge in [-0.3, -0.25) is 14.9 Å². The van der Waals surface area contributed by atoms with Crippen molar-refractivity contribution in [2.75, 3.05) is 6.26 Å². The van der Waals surface area contributed by atoms with Crippen LogP contribution in [-0.2, 0) is 11.2 Å². The molecule has 1 amide bonds. The highest BCUT2D eigenvalue weighted by atomic mass is 35.5. The van der Waals surface area contributed by atoms with Crippen molar-refractivity contribution in [3.8, 4) is 0 Å². The second-order valence-electron chi connectivity index (χ2n) is 4.74. The summed E-state index contributed by atoms with van der Waals surface area (Å²) in [5.74, 6) is -0.331. The molecule has 6 nitrogen and oxygen atoms in total. The van der Waals surface area contributed by atoms with Crippen molar-refractivity contribution in [3.05, 3.63) is 68.7 Å². The van der Waals surface area contributed by atoms with Gasteiger partial charge in [-0.05, 0) is 36.1 Å². The summed E-state index contributed by atoms with van der Waals surface area (Å²) in [7, 11) is 0. The maximum atomic E-state index is 12.0. The molecule has 2 rings (SSSR count). The number of para-hydroxylation sites is 1. The van der Waals surface area contributed by atoms with Crippen LogP contribution < -0.4 is 5.43 Å². The fourth-order valence-corrected chi connectivity index (χ4v) is 2.83. The Balaban J connectivity index is 2.04. The molecule has 2 aromatic carbocycles. The zero-order valence-electron chi connectivity index (χ0n) is 12.7. The molecule has 0 saturated heterocycles. The summed E-state index contributed by atoms with van der Waals surface area (Å²) in [6.07, 6.45) is 3.28. The molecule has 0 bridgehead atoms. The molecule has 1 N–H and O–H groups in total. The number of nitro benzene ring substituents is 1. The molecule has 8 heteroatoms. The third-order valence-corrected chi connectivity index (χ3v) is 4.19. The van der Waals surface area contributed by atoms with Crippen molar-refractivity contribution >= 4 is 41.2 Å². The molecular formula is C16H14ClN3O3S. The number of halogens is 1. The Labute approximate surface area is 148 Å². The van der Waals surface area contributed by atoms with Crippen LogP contribution in [-0.4, -0.2) is 23.3 Å². The van der Waals surface area contributed by atoms with Crippen LogP contribution in [0.4, 0.5) is 5.69 Å². The predicted octanol–water partition coefficient (Wildman–Crippen LogP) is 3.66. The highest BCUT2D eigenvalue weighted by Crippen LogP contribution is 2.24. The standard InChI is InChI=1S/C16H14ClN3O3S/c1-24-15-7-6-13(17)8-12(15)9-16(21)19-18-10-11-4-2-3-5-14(11)20(22)23/h2-8,10H,9H2,1H3,(H,19,21)/b18-10-. The number of hydrogen-bond acceptors (Lipinski definition) is 5. The number of hydrazone groups is 1. The molecule has 0 spiro atoms. The normalized spacial score (nSPS) is 10.8. The quantitative estimate of drug-likeness (QED) is 0.367. The van der Waals surface area contributed by atoms with E-state index in [1.165, 1.54) is 24.0 Å². The van der Waals surface area contributed by atoms with E-state index in [1.54, 1.807) is 30.3 Å². The van der Waals surface area contributed by atoms with E-state index in [9.17, 15) is 14.9 Å². The third-order valence-electron chi connectivity index (χ3n) is 3.12. The van der Waals surface area contributed by atoms with E-state index in [0.29, 0.717) is 10.6 Å². The first-order valence-corrected chi connectivity index (χ1v) is 8.49. The zero-order chi connectivity index (χ0) is 17.5. The van der Waals surface area contributed by atoms with Gasteiger partial charge in [-0.15, -0.1) is 11.8 Å². The molecule has 0 radical (unpaired) electrons. The molecule has 0 aliphatic rings. The Morgan fingerprint density at radius 2 is 2.12 bits per heavy atom. The topological polar surface area (TPSA) is 84.6 Å². The minimum atomic E-state index is -0.500. The second-order valence-corrected chi connectivity index (χ2v) is 6.03. The number of amides is 1. The lowest BCUT2D eigenvalue weighted by molar-refractivity contribution is -0.385. The van der Waals surface area contributed by atoms with Crippen LogP contribution in [0.2, 0.25) is 5.02 Å². The fraction of sp³-hybridized carbons (Fsp3) is 0.125. The van der Waals surface area contributed by atoms with Crippen LogP contribution in [0.1, 0.15) is 11.1 Å². The first-order chi connectivity index (χ1) is 11.5. The molecule has 0 fully saturated rings. The van der Waals surface area contributed by atoms with Gasteiger partial charge in [-0.1, -0.05) is 23.7 Å². The number of nitro groups is 1. The summed E-state index contributed by atoms with van der Waals surface area (Å²) >= 11 is 7.47. The minimum Gasteiger partial charge on any atom is -0.273 e. The Morgan fingerprint density at radius 1 is 1.38 bits per heavy atom. The summed E-state index contributed by atoms with van der Waals surface area (Å²) in [6.45, 7) is 0. The fourth-order valence-electron chi connectivity index (χ4n) is 2.03. The van der Waals surface area contributed by atoms with Crippen molar-refractivity contribution in [2.45, 2.75) is 11.3 Å². The van der Waals surface area contributed by atoms with Crippen LogP contribution in [0.15, 0.2) is 52.5 Å². The average Bonchev–Trinajstić information content (AvgIpc) is 2.55. The summed E-state index contributed by atoms with van der Waals surface area (Å²) in [5.41, 5.74) is 3.41. The highest BCUT2D eigenvalue weighted by Gasteiger charge is 2.11. The molecular weight excluding hydrogens is 350 g/mol. The lowest BCUT2D eigenvalue weighted by atomic mass is 10.1. The number of nitrogens with zero attached hydrogens (tertiary/aromatic N) is 2. The number of rotatable bonds is 6. The second kappa shape index (κ2) is 8.47. The molecule has 0 saturated carbocycles. The molecule has 0 aliphatic heterocycles. The van der Waals surface area contributed by atoms with E-state index in [2.05, 4.69) is 10.5 Å². The predicted molar refractivity (Wildman–Crippen MR) is 95.8 cm³/mol. The van der Waals surface area contributed by atoms with Crippen LogP contribution in [0, 0.1) is 10.1 Å². The summed E-state index contributed by atoms with van der Waals surface area (Å²) in [5, 5.41) is 15.2. The Kier molecular flexibility index (Phi) is 6.34. The van der Waals surface area contributed by atoms with E-state index in [0.717, 1.165) is 10.5 Å². The molecule has 24 heavy (non-hydrogen) atoms. The van der Waals surface area contributed by atoms with Crippen molar-refractivity contribution in [3.63, 3.8) is 0 Å². The number of nitrogens with one attached hydrogen (secondary N) is 1. The minimum absolute atomic E-state index is 0.0741. The van der Waals surface area contributed by atoms with Gasteiger partial charge in [0.1, 0.15) is 0 Å². The van der Waals surface area contributed by atoms with Crippen LogP contribution >= 0.6 is 23.4 Å². The third kappa shape index (κ3) is 4.81. The first-order valence-electron chi connectivity index (χ1n) is 6.89. The summed E-state index contributed by atoms with van der Waals surface area (Å²) in [6, 6.07) is 11.5. The van der Waals surface area contributed by atoms with Gasteiger partial charge >= 0.3 is 0 Å². The van der Waals surface area contributed by atoms with E-state index in [1.807, 2.05) is 12.3 Å². The SMILES string of the molecule is CSc1ccc(Cl)cc1CC(=O)N/N=C\c1ccccc1[N+](=O)[O-]. The molecule has 0 aromatic heterocycles. The van der Waals surface area contributed by atoms with Gasteiger partial charge in [0.2, 0.25) is 5.91 Å². The monoisotopic (exact) mass is 363 g/mol. The Morgan fingerprint density at radius 3 is 2.83 bits per heavy atom. The van der Waals surface area contributed by atoms with Crippen LogP contribution in [0.25, 0.3) is 0 Å². The van der Waals surface area contributed by atoms with Crippen molar-refractivity contribution < 1.29 is 9.72 Å². The van der Waals surface area contributed by atoms with E-state index in [4.69, 9.17) is 11.6 Å². The van der Waals surface area contributed by atoms with E-state index < -0.39 is 4.92 Å². The van der Waals surface area contributed by atoms with Crippen molar-refractivity contribution in [2.24, 2.45) is 5.10 Å². The average molecular weight is 364 g/mol. The summed E-state index contributed by atoms with van der Waals surface area (Å²) in [4.78, 5) is 23.3. The Hall–Kier alpha value is -2.38. The van der Waals surface area contributed by atoms with Gasteiger partial charge < -0.3 is 0 Å². The van der Waals surface area contributed by atoms with Crippen LogP contribution in [0.5, 0.6) is 0 Å². The van der Waals surface area contributed by atoms with Crippen molar-refractivity contribution in [1.82, 2.24) is 5.43 Å². The summed E-state index contributed by atoms with van der Waals surface area (Å²) < 4.78 is 0. The van der Waals surface area contributed by atoms with Gasteiger partial charge in [0.05, 0.1) is 23.1 Å². The number of benzene rings is 2. The van der Waals surface area contributed by atoms with Gasteiger partial charge in [0, 0.05) is 16.0 Å². The smallest absolute Gasteiger partial charge is 0.273 e. The molecule has 0 atom stereocenters. The maximum absolute atomic E-state index is 12.0. The number of carbonyl (C=O) groups excluding carboxylic acids is 1.